The molecule has 1 heterocycles. The summed E-state index contributed by atoms with van der Waals surface area (Å²) in [6.45, 7) is 2.43. The molecule has 0 amide bonds. The van der Waals surface area contributed by atoms with Gasteiger partial charge in [0, 0.05) is 11.9 Å². The molecule has 0 aliphatic rings. The molecule has 0 aliphatic heterocycles. The minimum Gasteiger partial charge on any atom is -0.370 e. The standard InChI is InChI=1S/C8H12N4/c1-6-2-3-7(4-11-6)5-12-8(9)10/h2-4H,5H2,1H3,(H4,9,10,12). The van der Waals surface area contributed by atoms with E-state index in [-0.39, 0.29) is 5.96 Å². The Balaban J connectivity index is 2.65. The molecule has 0 spiro atoms. The average Bonchev–Trinajstić information content (AvgIpc) is 2.03. The first-order chi connectivity index (χ1) is 5.68. The molecule has 1 rings (SSSR count). The van der Waals surface area contributed by atoms with E-state index in [1.54, 1.807) is 6.20 Å². The number of pyridine rings is 1. The fourth-order valence-corrected chi connectivity index (χ4v) is 0.775. The van der Waals surface area contributed by atoms with Gasteiger partial charge in [0.25, 0.3) is 0 Å². The molecule has 64 valence electrons. The molecule has 1 aromatic rings. The summed E-state index contributed by atoms with van der Waals surface area (Å²) in [5, 5.41) is 0. The number of guanidine groups is 1. The van der Waals surface area contributed by atoms with Crippen LogP contribution in [-0.4, -0.2) is 10.9 Å². The number of aliphatic imine (C=N–C) groups is 1. The van der Waals surface area contributed by atoms with Crippen LogP contribution >= 0.6 is 0 Å². The Hall–Kier alpha value is -1.58. The van der Waals surface area contributed by atoms with E-state index in [0.717, 1.165) is 11.3 Å². The summed E-state index contributed by atoms with van der Waals surface area (Å²) in [5.74, 6) is 0.107. The van der Waals surface area contributed by atoms with Gasteiger partial charge in [-0.15, -0.1) is 0 Å². The number of hydrogen-bond donors (Lipinski definition) is 2. The monoisotopic (exact) mass is 164 g/mol. The topological polar surface area (TPSA) is 77.3 Å². The highest BCUT2D eigenvalue weighted by molar-refractivity contribution is 5.75. The Morgan fingerprint density at radius 1 is 1.50 bits per heavy atom. The van der Waals surface area contributed by atoms with E-state index in [0.29, 0.717) is 6.54 Å². The molecule has 0 unspecified atom stereocenters. The predicted octanol–water partition coefficient (Wildman–Crippen LogP) is 0.163. The van der Waals surface area contributed by atoms with Gasteiger partial charge < -0.3 is 11.5 Å². The van der Waals surface area contributed by atoms with Crippen molar-refractivity contribution in [3.63, 3.8) is 0 Å². The second kappa shape index (κ2) is 3.71. The van der Waals surface area contributed by atoms with Crippen LogP contribution in [0, 0.1) is 6.92 Å². The molecule has 4 nitrogen and oxygen atoms in total. The molecular formula is C8H12N4. The van der Waals surface area contributed by atoms with Crippen LogP contribution in [0.3, 0.4) is 0 Å². The number of aromatic nitrogens is 1. The largest absolute Gasteiger partial charge is 0.370 e. The highest BCUT2D eigenvalue weighted by Crippen LogP contribution is 2.00. The van der Waals surface area contributed by atoms with Crippen molar-refractivity contribution in [2.45, 2.75) is 13.5 Å². The highest BCUT2D eigenvalue weighted by atomic mass is 15.0. The Bertz CT molecular complexity index is 272. The van der Waals surface area contributed by atoms with Crippen molar-refractivity contribution < 1.29 is 0 Å². The molecular weight excluding hydrogens is 152 g/mol. The SMILES string of the molecule is Cc1ccc(CN=C(N)N)cn1. The molecule has 0 aromatic carbocycles. The normalized spacial score (nSPS) is 9.42. The quantitative estimate of drug-likeness (QED) is 0.483. The van der Waals surface area contributed by atoms with Crippen LogP contribution in [0.2, 0.25) is 0 Å². The minimum atomic E-state index is 0.107. The molecule has 1 aromatic heterocycles. The molecule has 0 saturated heterocycles. The molecule has 4 heteroatoms. The fourth-order valence-electron chi connectivity index (χ4n) is 0.775. The van der Waals surface area contributed by atoms with E-state index in [9.17, 15) is 0 Å². The summed E-state index contributed by atoms with van der Waals surface area (Å²) in [4.78, 5) is 7.96. The fraction of sp³-hybridized carbons (Fsp3) is 0.250. The number of rotatable bonds is 2. The van der Waals surface area contributed by atoms with Crippen LogP contribution in [0.15, 0.2) is 23.3 Å². The minimum absolute atomic E-state index is 0.107. The van der Waals surface area contributed by atoms with Gasteiger partial charge in [-0.1, -0.05) is 6.07 Å². The van der Waals surface area contributed by atoms with Gasteiger partial charge in [0.15, 0.2) is 5.96 Å². The third-order valence-electron chi connectivity index (χ3n) is 1.42. The van der Waals surface area contributed by atoms with Crippen LogP contribution < -0.4 is 11.5 Å². The lowest BCUT2D eigenvalue weighted by Crippen LogP contribution is -2.22. The van der Waals surface area contributed by atoms with Crippen LogP contribution in [-0.2, 0) is 6.54 Å². The van der Waals surface area contributed by atoms with E-state index in [4.69, 9.17) is 11.5 Å². The summed E-state index contributed by atoms with van der Waals surface area (Å²) in [6.07, 6.45) is 1.77. The van der Waals surface area contributed by atoms with Crippen molar-refractivity contribution in [3.05, 3.63) is 29.6 Å². The van der Waals surface area contributed by atoms with Gasteiger partial charge in [-0.25, -0.2) is 4.99 Å². The second-order valence-corrected chi connectivity index (χ2v) is 2.55. The van der Waals surface area contributed by atoms with E-state index < -0.39 is 0 Å². The number of aryl methyl sites for hydroxylation is 1. The third kappa shape index (κ3) is 2.57. The highest BCUT2D eigenvalue weighted by Gasteiger charge is 1.90. The molecule has 0 fully saturated rings. The molecule has 0 saturated carbocycles. The summed E-state index contributed by atoms with van der Waals surface area (Å²) < 4.78 is 0. The molecule has 4 N–H and O–H groups in total. The van der Waals surface area contributed by atoms with Crippen molar-refractivity contribution in [1.82, 2.24) is 4.98 Å². The Labute approximate surface area is 71.3 Å². The summed E-state index contributed by atoms with van der Waals surface area (Å²) in [7, 11) is 0. The van der Waals surface area contributed by atoms with E-state index >= 15 is 0 Å². The van der Waals surface area contributed by atoms with Gasteiger partial charge in [0.1, 0.15) is 0 Å². The Morgan fingerprint density at radius 3 is 2.75 bits per heavy atom. The maximum atomic E-state index is 5.18. The zero-order valence-electron chi connectivity index (χ0n) is 6.99. The number of nitrogens with two attached hydrogens (primary N) is 2. The van der Waals surface area contributed by atoms with Crippen molar-refractivity contribution in [2.24, 2.45) is 16.5 Å². The zero-order valence-corrected chi connectivity index (χ0v) is 6.99. The van der Waals surface area contributed by atoms with Crippen molar-refractivity contribution in [3.8, 4) is 0 Å². The summed E-state index contributed by atoms with van der Waals surface area (Å²) >= 11 is 0. The summed E-state index contributed by atoms with van der Waals surface area (Å²) in [5.41, 5.74) is 12.4. The number of nitrogens with zero attached hydrogens (tertiary/aromatic N) is 2. The first-order valence-electron chi connectivity index (χ1n) is 3.65. The zero-order chi connectivity index (χ0) is 8.97. The van der Waals surface area contributed by atoms with Gasteiger partial charge in [-0.3, -0.25) is 4.98 Å². The van der Waals surface area contributed by atoms with Crippen molar-refractivity contribution in [2.75, 3.05) is 0 Å². The third-order valence-corrected chi connectivity index (χ3v) is 1.42. The molecule has 0 bridgehead atoms. The predicted molar refractivity (Wildman–Crippen MR) is 48.5 cm³/mol. The van der Waals surface area contributed by atoms with Gasteiger partial charge in [0.2, 0.25) is 0 Å². The smallest absolute Gasteiger partial charge is 0.186 e. The van der Waals surface area contributed by atoms with E-state index in [1.165, 1.54) is 0 Å². The maximum Gasteiger partial charge on any atom is 0.186 e. The average molecular weight is 164 g/mol. The van der Waals surface area contributed by atoms with Gasteiger partial charge in [-0.05, 0) is 18.6 Å². The van der Waals surface area contributed by atoms with Crippen molar-refractivity contribution in [1.29, 1.82) is 0 Å². The molecule has 0 radical (unpaired) electrons. The van der Waals surface area contributed by atoms with Crippen LogP contribution in [0.4, 0.5) is 0 Å². The second-order valence-electron chi connectivity index (χ2n) is 2.55. The van der Waals surface area contributed by atoms with E-state index in [2.05, 4.69) is 9.98 Å². The number of hydrogen-bond acceptors (Lipinski definition) is 2. The Morgan fingerprint density at radius 2 is 2.25 bits per heavy atom. The first-order valence-corrected chi connectivity index (χ1v) is 3.65. The van der Waals surface area contributed by atoms with Crippen LogP contribution in [0.1, 0.15) is 11.3 Å². The van der Waals surface area contributed by atoms with Gasteiger partial charge >= 0.3 is 0 Å². The van der Waals surface area contributed by atoms with Crippen LogP contribution in [0.5, 0.6) is 0 Å². The lowest BCUT2D eigenvalue weighted by molar-refractivity contribution is 1.02. The first kappa shape index (κ1) is 8.52. The van der Waals surface area contributed by atoms with E-state index in [1.807, 2.05) is 19.1 Å². The lowest BCUT2D eigenvalue weighted by atomic mass is 10.2. The van der Waals surface area contributed by atoms with Gasteiger partial charge in [-0.2, -0.15) is 0 Å². The molecule has 0 atom stereocenters. The lowest BCUT2D eigenvalue weighted by Gasteiger charge is -1.96. The van der Waals surface area contributed by atoms with Crippen LogP contribution in [0.25, 0.3) is 0 Å². The van der Waals surface area contributed by atoms with Gasteiger partial charge in [0.05, 0.1) is 6.54 Å². The maximum absolute atomic E-state index is 5.18. The molecule has 12 heavy (non-hydrogen) atoms. The Kier molecular flexibility index (Phi) is 2.63. The summed E-state index contributed by atoms with van der Waals surface area (Å²) in [6, 6.07) is 3.88. The molecule has 0 aliphatic carbocycles. The van der Waals surface area contributed by atoms with Crippen molar-refractivity contribution >= 4 is 5.96 Å².